The summed E-state index contributed by atoms with van der Waals surface area (Å²) in [6.07, 6.45) is 9.25. The van der Waals surface area contributed by atoms with Gasteiger partial charge in [0.2, 0.25) is 0 Å². The Morgan fingerprint density at radius 3 is 2.71 bits per heavy atom. The number of nitrogens with one attached hydrogen (secondary N) is 1. The van der Waals surface area contributed by atoms with E-state index in [0.717, 1.165) is 19.4 Å². The third kappa shape index (κ3) is 5.55. The molecule has 1 aliphatic carbocycles. The topological polar surface area (TPSA) is 41.6 Å². The van der Waals surface area contributed by atoms with E-state index >= 15 is 0 Å². The van der Waals surface area contributed by atoms with Crippen LogP contribution in [0.15, 0.2) is 0 Å². The number of hydrogen-bond donors (Lipinski definition) is 1. The number of nitrogens with zero attached hydrogens (tertiary/aromatic N) is 1. The minimum Gasteiger partial charge on any atom is -0.444 e. The fourth-order valence-electron chi connectivity index (χ4n) is 4.18. The Labute approximate surface area is 152 Å². The lowest BCUT2D eigenvalue weighted by Gasteiger charge is -2.35. The number of likely N-dealkylation sites (tertiary alicyclic amines) is 1. The fraction of sp³-hybridized carbons (Fsp3) is 0.947. The molecule has 1 N–H and O–H groups in total. The predicted octanol–water partition coefficient (Wildman–Crippen LogP) is 4.29. The average Bonchev–Trinajstić information content (AvgIpc) is 3.11. The zero-order valence-corrected chi connectivity index (χ0v) is 17.0. The molecule has 2 aliphatic rings. The molecule has 24 heavy (non-hydrogen) atoms. The van der Waals surface area contributed by atoms with Crippen LogP contribution in [-0.2, 0) is 4.74 Å². The van der Waals surface area contributed by atoms with Crippen molar-refractivity contribution in [2.24, 2.45) is 5.92 Å². The zero-order valence-electron chi connectivity index (χ0n) is 16.1. The zero-order chi connectivity index (χ0) is 17.7. The van der Waals surface area contributed by atoms with Gasteiger partial charge in [0.25, 0.3) is 0 Å². The average molecular weight is 357 g/mol. The minimum absolute atomic E-state index is 0.119. The van der Waals surface area contributed by atoms with Gasteiger partial charge in [-0.3, -0.25) is 0 Å². The van der Waals surface area contributed by atoms with E-state index in [-0.39, 0.29) is 6.09 Å². The number of amides is 1. The van der Waals surface area contributed by atoms with Crippen LogP contribution in [0.2, 0.25) is 0 Å². The first-order chi connectivity index (χ1) is 11.3. The molecule has 1 saturated carbocycles. The number of ether oxygens (including phenoxy) is 1. The van der Waals surface area contributed by atoms with Gasteiger partial charge in [-0.1, -0.05) is 6.42 Å². The van der Waals surface area contributed by atoms with Gasteiger partial charge in [0.1, 0.15) is 5.60 Å². The van der Waals surface area contributed by atoms with Crippen molar-refractivity contribution in [2.45, 2.75) is 89.9 Å². The molecule has 0 spiro atoms. The number of carbonyl (C=O) groups is 1. The molecule has 4 atom stereocenters. The van der Waals surface area contributed by atoms with Gasteiger partial charge in [0.15, 0.2) is 0 Å². The van der Waals surface area contributed by atoms with E-state index in [0.29, 0.717) is 24.0 Å². The van der Waals surface area contributed by atoms with Crippen LogP contribution in [0.5, 0.6) is 0 Å². The molecule has 4 nitrogen and oxygen atoms in total. The van der Waals surface area contributed by atoms with Crippen molar-refractivity contribution in [1.29, 1.82) is 0 Å². The quantitative estimate of drug-likeness (QED) is 0.771. The van der Waals surface area contributed by atoms with Gasteiger partial charge < -0.3 is 15.0 Å². The molecule has 4 unspecified atom stereocenters. The summed E-state index contributed by atoms with van der Waals surface area (Å²) in [6, 6.07) is 1.46. The van der Waals surface area contributed by atoms with Crippen molar-refractivity contribution in [3.05, 3.63) is 0 Å². The monoisotopic (exact) mass is 356 g/mol. The molecule has 0 aromatic carbocycles. The summed E-state index contributed by atoms with van der Waals surface area (Å²) < 4.78 is 5.64. The molecular weight excluding hydrogens is 320 g/mol. The molecule has 5 heteroatoms. The Kier molecular flexibility index (Phi) is 7.29. The van der Waals surface area contributed by atoms with E-state index in [2.05, 4.69) is 18.5 Å². The van der Waals surface area contributed by atoms with E-state index in [9.17, 15) is 4.79 Å². The maximum atomic E-state index is 12.6. The van der Waals surface area contributed by atoms with Crippen molar-refractivity contribution in [1.82, 2.24) is 10.2 Å². The minimum atomic E-state index is -0.413. The van der Waals surface area contributed by atoms with Crippen molar-refractivity contribution in [3.8, 4) is 0 Å². The second-order valence-electron chi connectivity index (χ2n) is 8.43. The van der Waals surface area contributed by atoms with Crippen molar-refractivity contribution in [3.63, 3.8) is 0 Å². The molecule has 0 radical (unpaired) electrons. The first-order valence-corrected chi connectivity index (χ1v) is 11.0. The number of carbonyl (C=O) groups excluding carboxylic acids is 1. The number of hydrogen-bond acceptors (Lipinski definition) is 4. The van der Waals surface area contributed by atoms with Crippen LogP contribution in [-0.4, -0.2) is 53.3 Å². The normalized spacial score (nSPS) is 29.0. The van der Waals surface area contributed by atoms with Gasteiger partial charge in [0, 0.05) is 24.7 Å². The molecule has 1 amide bonds. The summed E-state index contributed by atoms with van der Waals surface area (Å²) in [5.74, 6) is 1.79. The highest BCUT2D eigenvalue weighted by Crippen LogP contribution is 2.36. The SMILES string of the molecule is CSCCC(C)NC1CCCC1C1CCCN1C(=O)OC(C)(C)C. The van der Waals surface area contributed by atoms with Crippen LogP contribution in [0.3, 0.4) is 0 Å². The maximum absolute atomic E-state index is 12.6. The molecule has 2 fully saturated rings. The fourth-order valence-corrected chi connectivity index (χ4v) is 4.77. The van der Waals surface area contributed by atoms with Gasteiger partial charge in [-0.25, -0.2) is 4.79 Å². The Balaban J connectivity index is 1.96. The molecule has 0 aromatic heterocycles. The highest BCUT2D eigenvalue weighted by Gasteiger charge is 2.42. The van der Waals surface area contributed by atoms with Gasteiger partial charge in [-0.2, -0.15) is 11.8 Å². The predicted molar refractivity (Wildman–Crippen MR) is 103 cm³/mol. The molecule has 1 aliphatic heterocycles. The summed E-state index contributed by atoms with van der Waals surface area (Å²) in [7, 11) is 0. The Morgan fingerprint density at radius 1 is 1.29 bits per heavy atom. The van der Waals surface area contributed by atoms with E-state index < -0.39 is 5.60 Å². The third-order valence-corrected chi connectivity index (χ3v) is 5.89. The van der Waals surface area contributed by atoms with Gasteiger partial charge in [-0.15, -0.1) is 0 Å². The summed E-state index contributed by atoms with van der Waals surface area (Å²) in [6.45, 7) is 8.99. The summed E-state index contributed by atoms with van der Waals surface area (Å²) in [4.78, 5) is 14.6. The highest BCUT2D eigenvalue weighted by molar-refractivity contribution is 7.98. The molecule has 2 rings (SSSR count). The molecule has 1 saturated heterocycles. The van der Waals surface area contributed by atoms with Crippen LogP contribution >= 0.6 is 11.8 Å². The van der Waals surface area contributed by atoms with Crippen LogP contribution in [0.4, 0.5) is 4.79 Å². The Bertz CT molecular complexity index is 411. The summed E-state index contributed by atoms with van der Waals surface area (Å²) in [5.41, 5.74) is -0.413. The van der Waals surface area contributed by atoms with Gasteiger partial charge in [0.05, 0.1) is 0 Å². The van der Waals surface area contributed by atoms with E-state index in [1.165, 1.54) is 31.4 Å². The number of thioether (sulfide) groups is 1. The smallest absolute Gasteiger partial charge is 0.410 e. The van der Waals surface area contributed by atoms with Gasteiger partial charge in [-0.05, 0) is 77.7 Å². The van der Waals surface area contributed by atoms with E-state index in [1.807, 2.05) is 37.4 Å². The van der Waals surface area contributed by atoms with Crippen molar-refractivity contribution in [2.75, 3.05) is 18.6 Å². The van der Waals surface area contributed by atoms with Gasteiger partial charge >= 0.3 is 6.09 Å². The van der Waals surface area contributed by atoms with Crippen LogP contribution < -0.4 is 5.32 Å². The van der Waals surface area contributed by atoms with Crippen LogP contribution in [0.1, 0.15) is 66.2 Å². The summed E-state index contributed by atoms with van der Waals surface area (Å²) in [5, 5.41) is 3.86. The Hall–Kier alpha value is -0.420. The van der Waals surface area contributed by atoms with Crippen LogP contribution in [0, 0.1) is 5.92 Å². The van der Waals surface area contributed by atoms with E-state index in [1.54, 1.807) is 0 Å². The lowest BCUT2D eigenvalue weighted by molar-refractivity contribution is 0.0165. The second kappa shape index (κ2) is 8.79. The van der Waals surface area contributed by atoms with Crippen LogP contribution in [0.25, 0.3) is 0 Å². The standard InChI is InChI=1S/C19H36N2O2S/c1-14(11-13-24-5)20-16-9-6-8-15(16)17-10-7-12-21(17)18(22)23-19(2,3)4/h14-17,20H,6-13H2,1-5H3. The highest BCUT2D eigenvalue weighted by atomic mass is 32.2. The number of rotatable bonds is 6. The Morgan fingerprint density at radius 2 is 2.04 bits per heavy atom. The summed E-state index contributed by atoms with van der Waals surface area (Å²) >= 11 is 1.91. The lowest BCUT2D eigenvalue weighted by Crippen LogP contribution is -2.49. The largest absolute Gasteiger partial charge is 0.444 e. The first kappa shape index (κ1) is 19.9. The lowest BCUT2D eigenvalue weighted by atomic mass is 9.92. The second-order valence-corrected chi connectivity index (χ2v) is 9.42. The third-order valence-electron chi connectivity index (χ3n) is 5.24. The first-order valence-electron chi connectivity index (χ1n) is 9.56. The molecule has 140 valence electrons. The molecular formula is C19H36N2O2S. The molecule has 0 aromatic rings. The maximum Gasteiger partial charge on any atom is 0.410 e. The van der Waals surface area contributed by atoms with Crippen molar-refractivity contribution < 1.29 is 9.53 Å². The molecule has 0 bridgehead atoms. The van der Waals surface area contributed by atoms with Crippen molar-refractivity contribution >= 4 is 17.9 Å². The molecule has 1 heterocycles. The van der Waals surface area contributed by atoms with E-state index in [4.69, 9.17) is 4.74 Å².